The fourth-order valence-electron chi connectivity index (χ4n) is 2.84. The number of carbonyl (C=O) groups excluding carboxylic acids is 1. The van der Waals surface area contributed by atoms with Gasteiger partial charge in [0.1, 0.15) is 10.8 Å². The van der Waals surface area contributed by atoms with Crippen LogP contribution in [0.25, 0.3) is 0 Å². The SMILES string of the molecule is O=C(Nc1nnc(C2CC2)s1)[C@H]1CCCN(c2cnccn2)C1. The summed E-state index contributed by atoms with van der Waals surface area (Å²) in [6.45, 7) is 1.58. The van der Waals surface area contributed by atoms with Crippen LogP contribution >= 0.6 is 11.3 Å². The Labute approximate surface area is 138 Å². The zero-order valence-corrected chi connectivity index (χ0v) is 13.5. The fraction of sp³-hybridized carbons (Fsp3) is 0.533. The Morgan fingerprint density at radius 3 is 2.96 bits per heavy atom. The third kappa shape index (κ3) is 3.31. The molecule has 0 radical (unpaired) electrons. The van der Waals surface area contributed by atoms with E-state index in [1.165, 1.54) is 24.2 Å². The molecule has 2 aromatic heterocycles. The van der Waals surface area contributed by atoms with Crippen LogP contribution in [0.3, 0.4) is 0 Å². The van der Waals surface area contributed by atoms with Crippen LogP contribution in [-0.4, -0.2) is 39.2 Å². The lowest BCUT2D eigenvalue weighted by atomic mass is 9.97. The molecule has 1 aliphatic carbocycles. The van der Waals surface area contributed by atoms with E-state index in [0.717, 1.165) is 30.2 Å². The molecule has 4 rings (SSSR count). The highest BCUT2D eigenvalue weighted by Gasteiger charge is 2.30. The largest absolute Gasteiger partial charge is 0.355 e. The molecular weight excluding hydrogens is 312 g/mol. The number of rotatable bonds is 4. The number of anilines is 2. The first-order valence-corrected chi connectivity index (χ1v) is 8.76. The number of hydrogen-bond acceptors (Lipinski definition) is 7. The van der Waals surface area contributed by atoms with Crippen molar-refractivity contribution in [1.29, 1.82) is 0 Å². The number of amides is 1. The molecule has 3 heterocycles. The Bertz CT molecular complexity index is 686. The summed E-state index contributed by atoms with van der Waals surface area (Å²) >= 11 is 1.50. The van der Waals surface area contributed by atoms with Crippen LogP contribution in [0.1, 0.15) is 36.6 Å². The van der Waals surface area contributed by atoms with Gasteiger partial charge in [0, 0.05) is 31.4 Å². The summed E-state index contributed by atoms with van der Waals surface area (Å²) in [6.07, 6.45) is 9.32. The average molecular weight is 330 g/mol. The third-order valence-corrected chi connectivity index (χ3v) is 5.26. The summed E-state index contributed by atoms with van der Waals surface area (Å²) in [5.41, 5.74) is 0. The minimum atomic E-state index is -0.0565. The molecule has 2 aromatic rings. The minimum Gasteiger partial charge on any atom is -0.355 e. The predicted molar refractivity (Wildman–Crippen MR) is 87.5 cm³/mol. The van der Waals surface area contributed by atoms with E-state index >= 15 is 0 Å². The number of hydrogen-bond donors (Lipinski definition) is 1. The molecule has 1 aliphatic heterocycles. The second-order valence-electron chi connectivity index (χ2n) is 6.06. The molecule has 0 unspecified atom stereocenters. The molecule has 2 aliphatic rings. The fourth-order valence-corrected chi connectivity index (χ4v) is 3.76. The van der Waals surface area contributed by atoms with E-state index in [9.17, 15) is 4.79 Å². The molecule has 1 saturated heterocycles. The molecule has 0 aromatic carbocycles. The van der Waals surface area contributed by atoms with Gasteiger partial charge in [-0.05, 0) is 25.7 Å². The van der Waals surface area contributed by atoms with Crippen molar-refractivity contribution in [2.24, 2.45) is 5.92 Å². The molecule has 0 spiro atoms. The third-order valence-electron chi connectivity index (χ3n) is 4.26. The van der Waals surface area contributed by atoms with E-state index in [1.807, 2.05) is 0 Å². The Hall–Kier alpha value is -2.09. The topological polar surface area (TPSA) is 83.9 Å². The van der Waals surface area contributed by atoms with Crippen molar-refractivity contribution in [3.8, 4) is 0 Å². The molecule has 120 valence electrons. The molecule has 1 atom stereocenters. The van der Waals surface area contributed by atoms with Crippen molar-refractivity contribution in [3.05, 3.63) is 23.6 Å². The van der Waals surface area contributed by atoms with Gasteiger partial charge in [-0.25, -0.2) is 4.98 Å². The molecule has 1 saturated carbocycles. The molecule has 1 amide bonds. The zero-order valence-electron chi connectivity index (χ0n) is 12.7. The van der Waals surface area contributed by atoms with Gasteiger partial charge >= 0.3 is 0 Å². The van der Waals surface area contributed by atoms with E-state index in [1.54, 1.807) is 18.6 Å². The number of nitrogens with zero attached hydrogens (tertiary/aromatic N) is 5. The van der Waals surface area contributed by atoms with Gasteiger partial charge in [-0.3, -0.25) is 9.78 Å². The van der Waals surface area contributed by atoms with Crippen molar-refractivity contribution in [2.75, 3.05) is 23.3 Å². The summed E-state index contributed by atoms with van der Waals surface area (Å²) in [7, 11) is 0. The van der Waals surface area contributed by atoms with Crippen molar-refractivity contribution >= 4 is 28.2 Å². The lowest BCUT2D eigenvalue weighted by molar-refractivity contribution is -0.120. The van der Waals surface area contributed by atoms with Gasteiger partial charge in [0.15, 0.2) is 0 Å². The van der Waals surface area contributed by atoms with Crippen LogP contribution in [0.2, 0.25) is 0 Å². The first kappa shape index (κ1) is 14.5. The van der Waals surface area contributed by atoms with E-state index in [4.69, 9.17) is 0 Å². The lowest BCUT2D eigenvalue weighted by Gasteiger charge is -2.32. The van der Waals surface area contributed by atoms with Crippen LogP contribution in [0.5, 0.6) is 0 Å². The first-order valence-electron chi connectivity index (χ1n) is 7.95. The normalized spacial score (nSPS) is 21.2. The smallest absolute Gasteiger partial charge is 0.231 e. The van der Waals surface area contributed by atoms with Crippen molar-refractivity contribution in [1.82, 2.24) is 20.2 Å². The van der Waals surface area contributed by atoms with Gasteiger partial charge in [-0.1, -0.05) is 11.3 Å². The van der Waals surface area contributed by atoms with E-state index in [0.29, 0.717) is 17.6 Å². The molecule has 1 N–H and O–H groups in total. The lowest BCUT2D eigenvalue weighted by Crippen LogP contribution is -2.41. The summed E-state index contributed by atoms with van der Waals surface area (Å²) in [4.78, 5) is 23.0. The average Bonchev–Trinajstić information content (AvgIpc) is 3.36. The number of piperidine rings is 1. The Kier molecular flexibility index (Phi) is 3.90. The van der Waals surface area contributed by atoms with Crippen LogP contribution in [0, 0.1) is 5.92 Å². The number of nitrogens with one attached hydrogen (secondary N) is 1. The van der Waals surface area contributed by atoms with Crippen LogP contribution < -0.4 is 10.2 Å². The Morgan fingerprint density at radius 1 is 1.26 bits per heavy atom. The van der Waals surface area contributed by atoms with Crippen LogP contribution in [0.4, 0.5) is 10.9 Å². The maximum absolute atomic E-state index is 12.5. The molecule has 8 heteroatoms. The summed E-state index contributed by atoms with van der Waals surface area (Å²) in [5.74, 6) is 1.37. The van der Waals surface area contributed by atoms with E-state index in [2.05, 4.69) is 30.4 Å². The monoisotopic (exact) mass is 330 g/mol. The van der Waals surface area contributed by atoms with Crippen molar-refractivity contribution < 1.29 is 4.79 Å². The molecule has 0 bridgehead atoms. The first-order chi connectivity index (χ1) is 11.3. The van der Waals surface area contributed by atoms with Crippen molar-refractivity contribution in [2.45, 2.75) is 31.6 Å². The molecule has 2 fully saturated rings. The quantitative estimate of drug-likeness (QED) is 0.924. The zero-order chi connectivity index (χ0) is 15.6. The molecule has 7 nitrogen and oxygen atoms in total. The highest BCUT2D eigenvalue weighted by atomic mass is 32.1. The van der Waals surface area contributed by atoms with Gasteiger partial charge in [-0.15, -0.1) is 10.2 Å². The Balaban J connectivity index is 1.39. The standard InChI is InChI=1S/C15H18N6OS/c22-13(18-15-20-19-14(23-15)10-3-4-10)11-2-1-7-21(9-11)12-8-16-5-6-17-12/h5-6,8,10-11H,1-4,7,9H2,(H,18,20,22)/t11-/m0/s1. The Morgan fingerprint density at radius 2 is 2.17 bits per heavy atom. The molecule has 23 heavy (non-hydrogen) atoms. The van der Waals surface area contributed by atoms with Gasteiger partial charge in [0.05, 0.1) is 12.1 Å². The molecular formula is C15H18N6OS. The summed E-state index contributed by atoms with van der Waals surface area (Å²) in [6, 6.07) is 0. The number of carbonyl (C=O) groups is 1. The van der Waals surface area contributed by atoms with Crippen molar-refractivity contribution in [3.63, 3.8) is 0 Å². The van der Waals surface area contributed by atoms with Crippen LogP contribution in [-0.2, 0) is 4.79 Å². The highest BCUT2D eigenvalue weighted by Crippen LogP contribution is 2.42. The predicted octanol–water partition coefficient (Wildman–Crippen LogP) is 2.06. The van der Waals surface area contributed by atoms with Gasteiger partial charge in [-0.2, -0.15) is 0 Å². The second kappa shape index (κ2) is 6.19. The maximum atomic E-state index is 12.5. The van der Waals surface area contributed by atoms with Gasteiger partial charge in [0.2, 0.25) is 11.0 Å². The van der Waals surface area contributed by atoms with E-state index in [-0.39, 0.29) is 11.8 Å². The minimum absolute atomic E-state index is 0.0251. The van der Waals surface area contributed by atoms with Crippen LogP contribution in [0.15, 0.2) is 18.6 Å². The summed E-state index contributed by atoms with van der Waals surface area (Å²) < 4.78 is 0. The second-order valence-corrected chi connectivity index (χ2v) is 7.07. The highest BCUT2D eigenvalue weighted by molar-refractivity contribution is 7.15. The number of aromatic nitrogens is 4. The van der Waals surface area contributed by atoms with Gasteiger partial charge in [0.25, 0.3) is 0 Å². The van der Waals surface area contributed by atoms with Gasteiger partial charge < -0.3 is 10.2 Å². The maximum Gasteiger partial charge on any atom is 0.231 e. The van der Waals surface area contributed by atoms with E-state index < -0.39 is 0 Å². The summed E-state index contributed by atoms with van der Waals surface area (Å²) in [5, 5.41) is 12.8.